The Labute approximate surface area is 147 Å². The smallest absolute Gasteiger partial charge is 0.262 e. The van der Waals surface area contributed by atoms with Gasteiger partial charge in [-0.2, -0.15) is 0 Å². The maximum Gasteiger partial charge on any atom is 0.262 e. The largest absolute Gasteiger partial charge is 0.497 e. The second kappa shape index (κ2) is 8.73. The summed E-state index contributed by atoms with van der Waals surface area (Å²) in [5.41, 5.74) is 1.18. The van der Waals surface area contributed by atoms with Crippen LogP contribution >= 0.6 is 0 Å². The van der Waals surface area contributed by atoms with Gasteiger partial charge in [-0.25, -0.2) is 0 Å². The average molecular weight is 342 g/mol. The molecule has 0 saturated heterocycles. The molecule has 0 aliphatic heterocycles. The van der Waals surface area contributed by atoms with Gasteiger partial charge in [0.2, 0.25) is 0 Å². The van der Waals surface area contributed by atoms with Gasteiger partial charge in [-0.15, -0.1) is 0 Å². The molecule has 0 saturated carbocycles. The van der Waals surface area contributed by atoms with Crippen LogP contribution in [-0.2, 0) is 4.79 Å². The van der Waals surface area contributed by atoms with Crippen LogP contribution in [0, 0.1) is 0 Å². The van der Waals surface area contributed by atoms with Crippen LogP contribution in [0.25, 0.3) is 0 Å². The van der Waals surface area contributed by atoms with E-state index in [9.17, 15) is 9.59 Å². The number of benzene rings is 2. The molecule has 2 rings (SSSR count). The normalized spacial score (nSPS) is 10.2. The fraction of sp³-hybridized carbons (Fsp3) is 0.263. The Hall–Kier alpha value is -3.02. The van der Waals surface area contributed by atoms with Gasteiger partial charge in [0, 0.05) is 23.4 Å². The van der Waals surface area contributed by atoms with Gasteiger partial charge in [0.15, 0.2) is 6.61 Å². The van der Waals surface area contributed by atoms with Gasteiger partial charge < -0.3 is 20.1 Å². The van der Waals surface area contributed by atoms with Crippen LogP contribution in [0.3, 0.4) is 0 Å². The van der Waals surface area contributed by atoms with Gasteiger partial charge in [0.05, 0.1) is 7.11 Å². The van der Waals surface area contributed by atoms with E-state index in [1.54, 1.807) is 55.6 Å². The van der Waals surface area contributed by atoms with E-state index in [1.807, 2.05) is 13.8 Å². The molecule has 0 aliphatic carbocycles. The zero-order chi connectivity index (χ0) is 18.2. The third-order valence-corrected chi connectivity index (χ3v) is 3.26. The molecule has 2 amide bonds. The molecule has 0 atom stereocenters. The minimum absolute atomic E-state index is 0.0729. The predicted molar refractivity (Wildman–Crippen MR) is 96.2 cm³/mol. The van der Waals surface area contributed by atoms with Gasteiger partial charge in [-0.3, -0.25) is 9.59 Å². The van der Waals surface area contributed by atoms with Gasteiger partial charge in [0.1, 0.15) is 11.5 Å². The van der Waals surface area contributed by atoms with Gasteiger partial charge in [-0.05, 0) is 50.2 Å². The van der Waals surface area contributed by atoms with Crippen LogP contribution < -0.4 is 20.1 Å². The highest BCUT2D eigenvalue weighted by atomic mass is 16.5. The quantitative estimate of drug-likeness (QED) is 0.811. The minimum atomic E-state index is -0.283. The fourth-order valence-electron chi connectivity index (χ4n) is 2.09. The molecular formula is C19H22N2O4. The molecule has 2 aromatic rings. The molecule has 0 fully saturated rings. The summed E-state index contributed by atoms with van der Waals surface area (Å²) in [6, 6.07) is 13.8. The predicted octanol–water partition coefficient (Wildman–Crippen LogP) is 2.85. The third-order valence-electron chi connectivity index (χ3n) is 3.26. The summed E-state index contributed by atoms with van der Waals surface area (Å²) in [6.07, 6.45) is 0. The maximum absolute atomic E-state index is 11.9. The van der Waals surface area contributed by atoms with Crippen molar-refractivity contribution in [3.8, 4) is 11.5 Å². The van der Waals surface area contributed by atoms with Crippen LogP contribution in [0.15, 0.2) is 48.5 Å². The van der Waals surface area contributed by atoms with E-state index in [1.165, 1.54) is 0 Å². The molecular weight excluding hydrogens is 320 g/mol. The average Bonchev–Trinajstić information content (AvgIpc) is 2.60. The first-order chi connectivity index (χ1) is 12.0. The summed E-state index contributed by atoms with van der Waals surface area (Å²) in [5, 5.41) is 5.54. The first-order valence-corrected chi connectivity index (χ1v) is 7.95. The van der Waals surface area contributed by atoms with E-state index < -0.39 is 0 Å². The van der Waals surface area contributed by atoms with Crippen LogP contribution in [0.4, 0.5) is 5.69 Å². The van der Waals surface area contributed by atoms with E-state index in [2.05, 4.69) is 10.6 Å². The molecule has 25 heavy (non-hydrogen) atoms. The van der Waals surface area contributed by atoms with Crippen molar-refractivity contribution in [1.29, 1.82) is 0 Å². The standard InChI is InChI=1S/C19H22N2O4/c1-13(2)20-19(23)14-7-9-16(10-8-14)25-12-18(22)21-15-5-4-6-17(11-15)24-3/h4-11,13H,12H2,1-3H3,(H,20,23)(H,21,22). The molecule has 0 unspecified atom stereocenters. The zero-order valence-electron chi connectivity index (χ0n) is 14.5. The van der Waals surface area contributed by atoms with Gasteiger partial charge >= 0.3 is 0 Å². The zero-order valence-corrected chi connectivity index (χ0v) is 14.5. The number of methoxy groups -OCH3 is 1. The lowest BCUT2D eigenvalue weighted by molar-refractivity contribution is -0.118. The highest BCUT2D eigenvalue weighted by Gasteiger charge is 2.08. The van der Waals surface area contributed by atoms with Crippen LogP contribution in [-0.4, -0.2) is 31.6 Å². The molecule has 132 valence electrons. The molecule has 6 nitrogen and oxygen atoms in total. The number of rotatable bonds is 7. The molecule has 0 spiro atoms. The van der Waals surface area contributed by atoms with Crippen molar-refractivity contribution in [2.24, 2.45) is 0 Å². The maximum atomic E-state index is 11.9. The van der Waals surface area contributed by atoms with E-state index in [0.29, 0.717) is 22.7 Å². The van der Waals surface area contributed by atoms with Crippen molar-refractivity contribution in [3.63, 3.8) is 0 Å². The summed E-state index contributed by atoms with van der Waals surface area (Å²) in [7, 11) is 1.56. The van der Waals surface area contributed by atoms with E-state index in [0.717, 1.165) is 0 Å². The van der Waals surface area contributed by atoms with Crippen LogP contribution in [0.1, 0.15) is 24.2 Å². The number of amides is 2. The molecule has 0 aromatic heterocycles. The molecule has 0 heterocycles. The van der Waals surface area contributed by atoms with Crippen molar-refractivity contribution in [2.75, 3.05) is 19.0 Å². The number of carbonyl (C=O) groups is 2. The lowest BCUT2D eigenvalue weighted by atomic mass is 10.2. The second-order valence-electron chi connectivity index (χ2n) is 5.72. The number of hydrogen-bond acceptors (Lipinski definition) is 4. The number of hydrogen-bond donors (Lipinski definition) is 2. The Bertz CT molecular complexity index is 726. The molecule has 0 bridgehead atoms. The third kappa shape index (κ3) is 5.84. The Morgan fingerprint density at radius 3 is 2.40 bits per heavy atom. The Kier molecular flexibility index (Phi) is 6.39. The van der Waals surface area contributed by atoms with E-state index in [4.69, 9.17) is 9.47 Å². The number of anilines is 1. The van der Waals surface area contributed by atoms with Crippen molar-refractivity contribution in [3.05, 3.63) is 54.1 Å². The lowest BCUT2D eigenvalue weighted by Gasteiger charge is -2.10. The van der Waals surface area contributed by atoms with Crippen molar-refractivity contribution in [2.45, 2.75) is 19.9 Å². The van der Waals surface area contributed by atoms with Crippen molar-refractivity contribution >= 4 is 17.5 Å². The molecule has 6 heteroatoms. The summed E-state index contributed by atoms with van der Waals surface area (Å²) >= 11 is 0. The Balaban J connectivity index is 1.86. The summed E-state index contributed by atoms with van der Waals surface area (Å²) in [5.74, 6) is 0.753. The van der Waals surface area contributed by atoms with E-state index in [-0.39, 0.29) is 24.5 Å². The molecule has 0 aliphatic rings. The second-order valence-corrected chi connectivity index (χ2v) is 5.72. The summed E-state index contributed by atoms with van der Waals surface area (Å²) in [6.45, 7) is 3.67. The highest BCUT2D eigenvalue weighted by molar-refractivity contribution is 5.94. The first kappa shape index (κ1) is 18.3. The van der Waals surface area contributed by atoms with Crippen molar-refractivity contribution < 1.29 is 19.1 Å². The van der Waals surface area contributed by atoms with Gasteiger partial charge in [-0.1, -0.05) is 6.07 Å². The number of ether oxygens (including phenoxy) is 2. The SMILES string of the molecule is COc1cccc(NC(=O)COc2ccc(C(=O)NC(C)C)cc2)c1. The van der Waals surface area contributed by atoms with Gasteiger partial charge in [0.25, 0.3) is 11.8 Å². The number of carbonyl (C=O) groups excluding carboxylic acids is 2. The molecule has 2 N–H and O–H groups in total. The van der Waals surface area contributed by atoms with Crippen LogP contribution in [0.5, 0.6) is 11.5 Å². The van der Waals surface area contributed by atoms with Crippen molar-refractivity contribution in [1.82, 2.24) is 5.32 Å². The summed E-state index contributed by atoms with van der Waals surface area (Å²) in [4.78, 5) is 23.8. The number of nitrogens with one attached hydrogen (secondary N) is 2. The minimum Gasteiger partial charge on any atom is -0.497 e. The Morgan fingerprint density at radius 1 is 1.04 bits per heavy atom. The lowest BCUT2D eigenvalue weighted by Crippen LogP contribution is -2.29. The van der Waals surface area contributed by atoms with E-state index >= 15 is 0 Å². The first-order valence-electron chi connectivity index (χ1n) is 7.95. The monoisotopic (exact) mass is 342 g/mol. The molecule has 0 radical (unpaired) electrons. The molecule has 2 aromatic carbocycles. The topological polar surface area (TPSA) is 76.7 Å². The fourth-order valence-corrected chi connectivity index (χ4v) is 2.09. The summed E-state index contributed by atoms with van der Waals surface area (Å²) < 4.78 is 10.5. The Morgan fingerprint density at radius 2 is 1.76 bits per heavy atom. The van der Waals surface area contributed by atoms with Crippen LogP contribution in [0.2, 0.25) is 0 Å². The highest BCUT2D eigenvalue weighted by Crippen LogP contribution is 2.17.